The number of hydrogen-bond acceptors (Lipinski definition) is 8. The van der Waals surface area contributed by atoms with Gasteiger partial charge in [0.2, 0.25) is 17.7 Å². The number of likely N-dealkylation sites (tertiary alicyclic amines) is 1. The van der Waals surface area contributed by atoms with Crippen molar-refractivity contribution in [2.75, 3.05) is 37.6 Å². The van der Waals surface area contributed by atoms with Gasteiger partial charge in [-0.15, -0.1) is 0 Å². The van der Waals surface area contributed by atoms with E-state index >= 15 is 0 Å². The third-order valence-electron chi connectivity index (χ3n) is 15.0. The molecule has 0 aromatic heterocycles. The number of carbonyl (C=O) groups excluding carboxylic acids is 5. The quantitative estimate of drug-likeness (QED) is 0.319. The molecule has 11 heteroatoms. The molecule has 0 radical (unpaired) electrons. The molecule has 57 heavy (non-hydrogen) atoms. The normalized spacial score (nSPS) is 25.2. The van der Waals surface area contributed by atoms with Crippen LogP contribution < -0.4 is 10.2 Å². The molecule has 3 saturated heterocycles. The monoisotopic (exact) mass is 769 g/mol. The van der Waals surface area contributed by atoms with Crippen molar-refractivity contribution in [3.63, 3.8) is 0 Å². The van der Waals surface area contributed by atoms with E-state index in [4.69, 9.17) is 0 Å². The second kappa shape index (κ2) is 13.8. The maximum atomic E-state index is 13.6. The number of hydrogen-bond donors (Lipinski definition) is 2. The zero-order chi connectivity index (χ0) is 39.1. The van der Waals surface area contributed by atoms with Gasteiger partial charge < -0.3 is 14.9 Å². The summed E-state index contributed by atoms with van der Waals surface area (Å²) in [6, 6.07) is 18.0. The summed E-state index contributed by atoms with van der Waals surface area (Å²) >= 11 is 0. The van der Waals surface area contributed by atoms with Crippen molar-refractivity contribution in [3.05, 3.63) is 93.5 Å². The number of fused-ring (bicyclic) bond motifs is 3. The minimum Gasteiger partial charge on any atom is -0.508 e. The molecular weight excluding hydrogens is 719 g/mol. The number of aromatic hydroxyl groups is 1. The molecule has 5 heterocycles. The third-order valence-corrected chi connectivity index (χ3v) is 15.0. The van der Waals surface area contributed by atoms with Gasteiger partial charge in [-0.25, -0.2) is 0 Å². The Morgan fingerprint density at radius 2 is 1.39 bits per heavy atom. The van der Waals surface area contributed by atoms with Crippen LogP contribution in [0.25, 0.3) is 0 Å². The van der Waals surface area contributed by atoms with E-state index in [1.807, 2.05) is 17.0 Å². The van der Waals surface area contributed by atoms with Crippen molar-refractivity contribution in [2.45, 2.75) is 102 Å². The van der Waals surface area contributed by atoms with Crippen molar-refractivity contribution < 1.29 is 29.1 Å². The molecule has 2 aliphatic carbocycles. The minimum absolute atomic E-state index is 0.0846. The molecule has 0 unspecified atom stereocenters. The molecule has 1 saturated carbocycles. The Bertz CT molecular complexity index is 2130. The van der Waals surface area contributed by atoms with Crippen LogP contribution in [0.2, 0.25) is 0 Å². The first-order valence-corrected chi connectivity index (χ1v) is 21.1. The largest absolute Gasteiger partial charge is 0.508 e. The van der Waals surface area contributed by atoms with E-state index in [1.165, 1.54) is 54.5 Å². The summed E-state index contributed by atoms with van der Waals surface area (Å²) in [6.45, 7) is 4.90. The van der Waals surface area contributed by atoms with E-state index in [2.05, 4.69) is 45.4 Å². The maximum absolute atomic E-state index is 13.6. The van der Waals surface area contributed by atoms with Gasteiger partial charge in [-0.3, -0.25) is 39.1 Å². The summed E-state index contributed by atoms with van der Waals surface area (Å²) in [5.41, 5.74) is 8.42. The van der Waals surface area contributed by atoms with E-state index in [9.17, 15) is 29.1 Å². The van der Waals surface area contributed by atoms with Gasteiger partial charge in [0.15, 0.2) is 0 Å². The Morgan fingerprint density at radius 3 is 2.04 bits per heavy atom. The highest BCUT2D eigenvalue weighted by atomic mass is 16.3. The second-order valence-corrected chi connectivity index (χ2v) is 18.1. The number of rotatable bonds is 5. The lowest BCUT2D eigenvalue weighted by Gasteiger charge is -2.47. The standard InChI is InChI=1S/C46H51N5O6/c52-34-7-8-35-30(23-34)11-14-46(12-1-2-13-46)41(35)29-3-5-33(6-4-29)49-19-15-45(16-20-49)17-21-50(22-18-45)40(54)28-48-26-31-24-36-37(25-32(31)27-48)44(57)51(43(36)56)38-9-10-39(53)47-42(38)55/h3-8,23-25,38,41,52H,1-2,9-22,26-28H2,(H,47,53,55)/t38-,41-/m1/s1. The van der Waals surface area contributed by atoms with Crippen LogP contribution in [0.1, 0.15) is 125 Å². The van der Waals surface area contributed by atoms with Crippen LogP contribution in [0.5, 0.6) is 5.75 Å². The number of carbonyl (C=O) groups is 5. The van der Waals surface area contributed by atoms with Gasteiger partial charge >= 0.3 is 0 Å². The van der Waals surface area contributed by atoms with Crippen LogP contribution in [0.4, 0.5) is 5.69 Å². The molecule has 2 spiro atoms. The molecule has 3 aromatic carbocycles. The van der Waals surface area contributed by atoms with Crippen molar-refractivity contribution in [3.8, 4) is 5.75 Å². The fourth-order valence-electron chi connectivity index (χ4n) is 11.8. The fraction of sp³-hybridized carbons (Fsp3) is 0.500. The van der Waals surface area contributed by atoms with E-state index in [0.29, 0.717) is 30.2 Å². The lowest BCUT2D eigenvalue weighted by atomic mass is 9.60. The zero-order valence-electron chi connectivity index (χ0n) is 32.6. The molecule has 2 atom stereocenters. The number of piperidine rings is 3. The lowest BCUT2D eigenvalue weighted by molar-refractivity contribution is -0.137. The zero-order valence-corrected chi connectivity index (χ0v) is 32.6. The number of amides is 5. The van der Waals surface area contributed by atoms with Gasteiger partial charge in [-0.2, -0.15) is 0 Å². The first-order valence-electron chi connectivity index (χ1n) is 21.1. The van der Waals surface area contributed by atoms with Crippen molar-refractivity contribution >= 4 is 35.2 Å². The van der Waals surface area contributed by atoms with Crippen LogP contribution in [0.3, 0.4) is 0 Å². The Balaban J connectivity index is 0.727. The van der Waals surface area contributed by atoms with Crippen LogP contribution in [-0.4, -0.2) is 88.1 Å². The molecule has 10 rings (SSSR count). The van der Waals surface area contributed by atoms with Crippen molar-refractivity contribution in [1.82, 2.24) is 20.0 Å². The van der Waals surface area contributed by atoms with Gasteiger partial charge in [0, 0.05) is 57.3 Å². The third kappa shape index (κ3) is 6.24. The number of phenols is 1. The SMILES string of the molecule is O=C1CC[C@@H](N2C(=O)c3cc4c(cc3C2=O)CN(CC(=O)N2CCC3(CC2)CCN(c2ccc([C@@H]5c6ccc(O)cc6CCC56CCCC6)cc2)CC3)C4)C(=O)N1. The minimum atomic E-state index is -0.985. The molecular formula is C46H51N5O6. The van der Waals surface area contributed by atoms with Crippen LogP contribution in [0, 0.1) is 10.8 Å². The number of imide groups is 2. The van der Waals surface area contributed by atoms with E-state index in [0.717, 1.165) is 74.3 Å². The fourth-order valence-corrected chi connectivity index (χ4v) is 11.8. The summed E-state index contributed by atoms with van der Waals surface area (Å²) in [4.78, 5) is 72.0. The molecule has 5 amide bonds. The summed E-state index contributed by atoms with van der Waals surface area (Å²) in [6.07, 6.45) is 11.9. The van der Waals surface area contributed by atoms with E-state index < -0.39 is 29.7 Å². The maximum Gasteiger partial charge on any atom is 0.262 e. The van der Waals surface area contributed by atoms with Crippen LogP contribution in [-0.2, 0) is 33.9 Å². The average molecular weight is 770 g/mol. The number of nitrogens with one attached hydrogen (secondary N) is 1. The van der Waals surface area contributed by atoms with Gasteiger partial charge in [0.05, 0.1) is 17.7 Å². The number of phenolic OH excluding ortho intramolecular Hbond substituents is 1. The number of anilines is 1. The summed E-state index contributed by atoms with van der Waals surface area (Å²) < 4.78 is 0. The molecule has 2 N–H and O–H groups in total. The van der Waals surface area contributed by atoms with Gasteiger partial charge in [0.1, 0.15) is 11.8 Å². The van der Waals surface area contributed by atoms with Crippen molar-refractivity contribution in [1.29, 1.82) is 0 Å². The summed E-state index contributed by atoms with van der Waals surface area (Å²) in [7, 11) is 0. The number of nitrogens with zero attached hydrogens (tertiary/aromatic N) is 4. The predicted molar refractivity (Wildman–Crippen MR) is 213 cm³/mol. The van der Waals surface area contributed by atoms with Gasteiger partial charge in [-0.05, 0) is 133 Å². The molecule has 11 nitrogen and oxygen atoms in total. The Labute approximate surface area is 333 Å². The first kappa shape index (κ1) is 36.3. The Kier molecular flexibility index (Phi) is 8.81. The number of aryl methyl sites for hydroxylation is 1. The highest BCUT2D eigenvalue weighted by Crippen LogP contribution is 2.58. The summed E-state index contributed by atoms with van der Waals surface area (Å²) in [5.74, 6) is -1.15. The highest BCUT2D eigenvalue weighted by Gasteiger charge is 2.47. The summed E-state index contributed by atoms with van der Waals surface area (Å²) in [5, 5.41) is 12.5. The first-order chi connectivity index (χ1) is 27.6. The van der Waals surface area contributed by atoms with E-state index in [1.54, 1.807) is 12.1 Å². The van der Waals surface area contributed by atoms with Gasteiger partial charge in [0.25, 0.3) is 11.8 Å². The smallest absolute Gasteiger partial charge is 0.262 e. The Morgan fingerprint density at radius 1 is 0.737 bits per heavy atom. The highest BCUT2D eigenvalue weighted by molar-refractivity contribution is 6.23. The topological polar surface area (TPSA) is 131 Å². The average Bonchev–Trinajstić information content (AvgIpc) is 3.91. The van der Waals surface area contributed by atoms with Crippen LogP contribution >= 0.6 is 0 Å². The van der Waals surface area contributed by atoms with Gasteiger partial charge in [-0.1, -0.05) is 31.0 Å². The van der Waals surface area contributed by atoms with E-state index in [-0.39, 0.29) is 41.8 Å². The number of benzene rings is 3. The molecule has 7 aliphatic rings. The molecule has 3 aromatic rings. The van der Waals surface area contributed by atoms with Crippen molar-refractivity contribution in [2.24, 2.45) is 10.8 Å². The predicted octanol–water partition coefficient (Wildman–Crippen LogP) is 5.66. The lowest BCUT2D eigenvalue weighted by Crippen LogP contribution is -2.54. The Hall–Kier alpha value is -5.03. The molecule has 296 valence electrons. The molecule has 0 bridgehead atoms. The van der Waals surface area contributed by atoms with Crippen LogP contribution in [0.15, 0.2) is 54.6 Å². The molecule has 4 fully saturated rings. The second-order valence-electron chi connectivity index (χ2n) is 18.1. The molecule has 5 aliphatic heterocycles.